The predicted molar refractivity (Wildman–Crippen MR) is 105 cm³/mol. The topological polar surface area (TPSA) is 95.9 Å². The van der Waals surface area contributed by atoms with Crippen molar-refractivity contribution in [1.29, 1.82) is 0 Å². The van der Waals surface area contributed by atoms with Crippen LogP contribution in [0.15, 0.2) is 42.5 Å². The van der Waals surface area contributed by atoms with Crippen molar-refractivity contribution in [3.8, 4) is 5.75 Å². The fourth-order valence-corrected chi connectivity index (χ4v) is 3.03. The molecular weight excluding hydrogens is 360 g/mol. The molecule has 0 aromatic heterocycles. The number of ether oxygens (including phenoxy) is 1. The zero-order valence-corrected chi connectivity index (χ0v) is 16.0. The van der Waals surface area contributed by atoms with Crippen molar-refractivity contribution >= 4 is 29.2 Å². The van der Waals surface area contributed by atoms with Crippen LogP contribution in [0.1, 0.15) is 36.2 Å². The quantitative estimate of drug-likeness (QED) is 0.828. The lowest BCUT2D eigenvalue weighted by molar-refractivity contribution is -0.132. The van der Waals surface area contributed by atoms with E-state index >= 15 is 0 Å². The Labute approximate surface area is 162 Å². The first-order valence-corrected chi connectivity index (χ1v) is 8.92. The molecule has 1 aliphatic rings. The summed E-state index contributed by atoms with van der Waals surface area (Å²) in [6, 6.07) is 11.5. The molecule has 0 saturated carbocycles. The highest BCUT2D eigenvalue weighted by atomic mass is 16.5. The number of hydrogen-bond acceptors (Lipinski definition) is 4. The molecule has 2 aromatic rings. The molecule has 0 fully saturated rings. The van der Waals surface area contributed by atoms with Crippen LogP contribution < -0.4 is 15.0 Å². The van der Waals surface area contributed by atoms with E-state index in [0.717, 1.165) is 5.56 Å². The Hall–Kier alpha value is -3.35. The third-order valence-electron chi connectivity index (χ3n) is 4.51. The molecule has 3 rings (SSSR count). The number of rotatable bonds is 5. The number of nitrogens with one attached hydrogen (secondary N) is 1. The van der Waals surface area contributed by atoms with E-state index in [1.807, 2.05) is 25.1 Å². The van der Waals surface area contributed by atoms with Gasteiger partial charge in [0.2, 0.25) is 5.91 Å². The van der Waals surface area contributed by atoms with Crippen LogP contribution in [0.2, 0.25) is 0 Å². The maximum atomic E-state index is 12.8. The molecule has 2 aromatic carbocycles. The average molecular weight is 382 g/mol. The van der Waals surface area contributed by atoms with Gasteiger partial charge in [-0.2, -0.15) is 0 Å². The number of aryl methyl sites for hydroxylation is 1. The minimum atomic E-state index is -1.03. The molecule has 0 saturated heterocycles. The lowest BCUT2D eigenvalue weighted by atomic mass is 10.0. The number of carbonyl (C=O) groups excluding carboxylic acids is 2. The van der Waals surface area contributed by atoms with Gasteiger partial charge in [0.05, 0.1) is 11.3 Å². The Bertz CT molecular complexity index is 934. The minimum absolute atomic E-state index is 0.0931. The second-order valence-corrected chi connectivity index (χ2v) is 7.22. The normalized spacial score (nSPS) is 14.8. The Morgan fingerprint density at radius 3 is 2.46 bits per heavy atom. The molecule has 28 heavy (non-hydrogen) atoms. The molecule has 146 valence electrons. The number of amides is 2. The SMILES string of the molecule is Cc1ccc2c(c1)N(CCC(=O)Nc1ccc(C(=O)O)cc1)C(=O)C(C)(C)O2. The van der Waals surface area contributed by atoms with E-state index in [2.05, 4.69) is 5.32 Å². The molecule has 7 nitrogen and oxygen atoms in total. The Kier molecular flexibility index (Phi) is 5.09. The molecule has 1 aliphatic heterocycles. The summed E-state index contributed by atoms with van der Waals surface area (Å²) in [4.78, 5) is 37.6. The summed E-state index contributed by atoms with van der Waals surface area (Å²) in [6.07, 6.45) is 0.0931. The van der Waals surface area contributed by atoms with Crippen LogP contribution in [0.4, 0.5) is 11.4 Å². The summed E-state index contributed by atoms with van der Waals surface area (Å²) >= 11 is 0. The molecule has 0 aliphatic carbocycles. The highest BCUT2D eigenvalue weighted by molar-refractivity contribution is 6.03. The van der Waals surface area contributed by atoms with Gasteiger partial charge in [0, 0.05) is 18.7 Å². The zero-order valence-electron chi connectivity index (χ0n) is 16.0. The number of nitrogens with zero attached hydrogens (tertiary/aromatic N) is 1. The van der Waals surface area contributed by atoms with Gasteiger partial charge in [-0.1, -0.05) is 6.07 Å². The van der Waals surface area contributed by atoms with Gasteiger partial charge in [0.25, 0.3) is 5.91 Å². The number of hydrogen-bond donors (Lipinski definition) is 2. The van der Waals surface area contributed by atoms with Crippen LogP contribution in [0.3, 0.4) is 0 Å². The summed E-state index contributed by atoms with van der Waals surface area (Å²) in [5.74, 6) is -0.890. The van der Waals surface area contributed by atoms with Gasteiger partial charge in [-0.15, -0.1) is 0 Å². The van der Waals surface area contributed by atoms with Crippen molar-refractivity contribution in [3.05, 3.63) is 53.6 Å². The van der Waals surface area contributed by atoms with Gasteiger partial charge in [-0.25, -0.2) is 4.79 Å². The summed E-state index contributed by atoms with van der Waals surface area (Å²) in [5.41, 5.74) is 1.28. The number of benzene rings is 2. The fourth-order valence-electron chi connectivity index (χ4n) is 3.03. The Morgan fingerprint density at radius 2 is 1.82 bits per heavy atom. The number of aromatic carboxylic acids is 1. The molecule has 7 heteroatoms. The summed E-state index contributed by atoms with van der Waals surface area (Å²) in [7, 11) is 0. The predicted octanol–water partition coefficient (Wildman–Crippen LogP) is 3.23. The van der Waals surface area contributed by atoms with Crippen molar-refractivity contribution in [3.63, 3.8) is 0 Å². The molecule has 1 heterocycles. The number of anilines is 2. The van der Waals surface area contributed by atoms with E-state index in [4.69, 9.17) is 9.84 Å². The molecule has 0 unspecified atom stereocenters. The van der Waals surface area contributed by atoms with Crippen LogP contribution in [0, 0.1) is 6.92 Å². The molecule has 0 radical (unpaired) electrons. The van der Waals surface area contributed by atoms with Crippen molar-refractivity contribution < 1.29 is 24.2 Å². The van der Waals surface area contributed by atoms with Gasteiger partial charge in [0.15, 0.2) is 5.60 Å². The molecule has 2 amide bonds. The number of carboxylic acids is 1. The van der Waals surface area contributed by atoms with E-state index in [1.165, 1.54) is 24.3 Å². The molecule has 0 spiro atoms. The molecular formula is C21H22N2O5. The van der Waals surface area contributed by atoms with Crippen LogP contribution in [0.5, 0.6) is 5.75 Å². The zero-order chi connectivity index (χ0) is 20.5. The summed E-state index contributed by atoms with van der Waals surface area (Å²) in [5, 5.41) is 11.6. The van der Waals surface area contributed by atoms with E-state index in [9.17, 15) is 14.4 Å². The summed E-state index contributed by atoms with van der Waals surface area (Å²) < 4.78 is 5.81. The Morgan fingerprint density at radius 1 is 1.14 bits per heavy atom. The van der Waals surface area contributed by atoms with Crippen molar-refractivity contribution in [2.24, 2.45) is 0 Å². The van der Waals surface area contributed by atoms with Gasteiger partial charge < -0.3 is 20.1 Å². The second kappa shape index (κ2) is 7.34. The number of fused-ring (bicyclic) bond motifs is 1. The number of carbonyl (C=O) groups is 3. The van der Waals surface area contributed by atoms with Gasteiger partial charge >= 0.3 is 5.97 Å². The molecule has 0 atom stereocenters. The van der Waals surface area contributed by atoms with Crippen LogP contribution in [-0.4, -0.2) is 35.0 Å². The lowest BCUT2D eigenvalue weighted by Crippen LogP contribution is -2.53. The van der Waals surface area contributed by atoms with Crippen LogP contribution in [0.25, 0.3) is 0 Å². The smallest absolute Gasteiger partial charge is 0.335 e. The third-order valence-corrected chi connectivity index (χ3v) is 4.51. The first-order chi connectivity index (χ1) is 13.2. The van der Waals surface area contributed by atoms with E-state index in [-0.39, 0.29) is 30.3 Å². The maximum Gasteiger partial charge on any atom is 0.335 e. The monoisotopic (exact) mass is 382 g/mol. The third kappa shape index (κ3) is 3.98. The standard InChI is InChI=1S/C21H22N2O5/c1-13-4-9-17-16(12-13)23(20(27)21(2,3)28-17)11-10-18(24)22-15-7-5-14(6-8-15)19(25)26/h4-9,12H,10-11H2,1-3H3,(H,22,24)(H,25,26). The van der Waals surface area contributed by atoms with Crippen LogP contribution >= 0.6 is 0 Å². The van der Waals surface area contributed by atoms with Gasteiger partial charge in [-0.05, 0) is 62.7 Å². The first-order valence-electron chi connectivity index (χ1n) is 8.92. The molecule has 0 bridgehead atoms. The average Bonchev–Trinajstić information content (AvgIpc) is 2.63. The van der Waals surface area contributed by atoms with Gasteiger partial charge in [0.1, 0.15) is 5.75 Å². The van der Waals surface area contributed by atoms with Crippen LogP contribution in [-0.2, 0) is 9.59 Å². The van der Waals surface area contributed by atoms with E-state index in [1.54, 1.807) is 18.7 Å². The van der Waals surface area contributed by atoms with Gasteiger partial charge in [-0.3, -0.25) is 9.59 Å². The second-order valence-electron chi connectivity index (χ2n) is 7.22. The molecule has 2 N–H and O–H groups in total. The fraction of sp³-hybridized carbons (Fsp3) is 0.286. The van der Waals surface area contributed by atoms with Crippen molar-refractivity contribution in [1.82, 2.24) is 0 Å². The number of carboxylic acid groups (broad SMARTS) is 1. The highest BCUT2D eigenvalue weighted by Crippen LogP contribution is 2.38. The first kappa shape index (κ1) is 19.4. The maximum absolute atomic E-state index is 12.8. The van der Waals surface area contributed by atoms with Crippen molar-refractivity contribution in [2.75, 3.05) is 16.8 Å². The minimum Gasteiger partial charge on any atom is -0.478 e. The Balaban J connectivity index is 1.70. The largest absolute Gasteiger partial charge is 0.478 e. The van der Waals surface area contributed by atoms with E-state index in [0.29, 0.717) is 17.1 Å². The highest BCUT2D eigenvalue weighted by Gasteiger charge is 2.40. The summed E-state index contributed by atoms with van der Waals surface area (Å²) in [6.45, 7) is 5.54. The van der Waals surface area contributed by atoms with Crippen molar-refractivity contribution in [2.45, 2.75) is 32.8 Å². The van der Waals surface area contributed by atoms with E-state index < -0.39 is 11.6 Å². The lowest BCUT2D eigenvalue weighted by Gasteiger charge is -2.38.